The fourth-order valence-electron chi connectivity index (χ4n) is 2.60. The van der Waals surface area contributed by atoms with Gasteiger partial charge in [0, 0.05) is 18.2 Å². The average Bonchev–Trinajstić information content (AvgIpc) is 2.52. The van der Waals surface area contributed by atoms with E-state index in [9.17, 15) is 13.2 Å². The first-order valence-electron chi connectivity index (χ1n) is 8.00. The molecule has 6 nitrogen and oxygen atoms in total. The van der Waals surface area contributed by atoms with Crippen LogP contribution in [0, 0.1) is 5.92 Å². The molecule has 1 aliphatic rings. The minimum absolute atomic E-state index is 0.166. The van der Waals surface area contributed by atoms with Crippen molar-refractivity contribution in [2.24, 2.45) is 5.92 Å². The molecular weight excluding hydrogens is 314 g/mol. The van der Waals surface area contributed by atoms with Crippen molar-refractivity contribution in [2.45, 2.75) is 37.6 Å². The lowest BCUT2D eigenvalue weighted by molar-refractivity contribution is 0.0944. The lowest BCUT2D eigenvalue weighted by atomic mass is 10.00. The molecule has 3 N–H and O–H groups in total. The van der Waals surface area contributed by atoms with Crippen LogP contribution in [0.5, 0.6) is 0 Å². The average molecular weight is 339 g/mol. The zero-order valence-corrected chi connectivity index (χ0v) is 14.4. The topological polar surface area (TPSA) is 87.3 Å². The van der Waals surface area contributed by atoms with Gasteiger partial charge in [0.15, 0.2) is 0 Å². The molecule has 1 aromatic rings. The first-order valence-corrected chi connectivity index (χ1v) is 9.48. The van der Waals surface area contributed by atoms with Crippen molar-refractivity contribution in [1.29, 1.82) is 0 Å². The zero-order valence-electron chi connectivity index (χ0n) is 13.6. The third-order valence-corrected chi connectivity index (χ3v) is 5.44. The molecule has 7 heteroatoms. The van der Waals surface area contributed by atoms with Gasteiger partial charge in [0.1, 0.15) is 0 Å². The summed E-state index contributed by atoms with van der Waals surface area (Å²) in [7, 11) is -3.52. The number of hydrogen-bond acceptors (Lipinski definition) is 4. The number of rotatable bonds is 6. The number of amides is 1. The van der Waals surface area contributed by atoms with Crippen LogP contribution in [0.15, 0.2) is 29.2 Å². The van der Waals surface area contributed by atoms with Gasteiger partial charge >= 0.3 is 0 Å². The van der Waals surface area contributed by atoms with E-state index in [-0.39, 0.29) is 16.8 Å². The molecule has 2 rings (SSSR count). The molecule has 0 radical (unpaired) electrons. The van der Waals surface area contributed by atoms with E-state index in [1.807, 2.05) is 0 Å². The number of piperidine rings is 1. The molecule has 0 aromatic heterocycles. The van der Waals surface area contributed by atoms with Crippen LogP contribution in [0.1, 0.15) is 37.0 Å². The fraction of sp³-hybridized carbons (Fsp3) is 0.562. The Morgan fingerprint density at radius 1 is 1.30 bits per heavy atom. The fourth-order valence-corrected chi connectivity index (χ4v) is 3.85. The van der Waals surface area contributed by atoms with Crippen LogP contribution < -0.4 is 15.4 Å². The summed E-state index contributed by atoms with van der Waals surface area (Å²) in [5.41, 5.74) is 0.470. The van der Waals surface area contributed by atoms with E-state index in [0.717, 1.165) is 25.9 Å². The molecule has 1 unspecified atom stereocenters. The Morgan fingerprint density at radius 2 is 2.00 bits per heavy atom. The van der Waals surface area contributed by atoms with Crippen LogP contribution in [0.4, 0.5) is 0 Å². The van der Waals surface area contributed by atoms with Gasteiger partial charge in [-0.2, -0.15) is 0 Å². The maximum absolute atomic E-state index is 12.1. The standard InChI is InChI=1S/C16H25N3O3S/c1-12(2)19-23(21,22)15-7-5-14(6-8-15)16(20)18-11-13-4-3-9-17-10-13/h5-8,12-13,17,19H,3-4,9-11H2,1-2H3,(H,18,20). The summed E-state index contributed by atoms with van der Waals surface area (Å²) in [6.07, 6.45) is 2.25. The van der Waals surface area contributed by atoms with Crippen LogP contribution in [0.2, 0.25) is 0 Å². The predicted molar refractivity (Wildman–Crippen MR) is 89.8 cm³/mol. The van der Waals surface area contributed by atoms with Crippen molar-refractivity contribution in [1.82, 2.24) is 15.4 Å². The molecule has 1 aliphatic heterocycles. The summed E-state index contributed by atoms with van der Waals surface area (Å²) in [4.78, 5) is 12.3. The van der Waals surface area contributed by atoms with E-state index in [2.05, 4.69) is 15.4 Å². The highest BCUT2D eigenvalue weighted by atomic mass is 32.2. The Bertz CT molecular complexity index is 620. The molecule has 1 saturated heterocycles. The summed E-state index contributed by atoms with van der Waals surface area (Å²) in [5.74, 6) is 0.291. The molecule has 0 saturated carbocycles. The Hall–Kier alpha value is -1.44. The molecule has 23 heavy (non-hydrogen) atoms. The van der Waals surface area contributed by atoms with Gasteiger partial charge in [0.05, 0.1) is 4.90 Å². The van der Waals surface area contributed by atoms with Gasteiger partial charge in [0.25, 0.3) is 5.91 Å². The Labute approximate surface area is 138 Å². The summed E-state index contributed by atoms with van der Waals surface area (Å²) in [5, 5.41) is 6.23. The largest absolute Gasteiger partial charge is 0.352 e. The van der Waals surface area contributed by atoms with Gasteiger partial charge in [-0.15, -0.1) is 0 Å². The number of nitrogens with one attached hydrogen (secondary N) is 3. The van der Waals surface area contributed by atoms with E-state index in [0.29, 0.717) is 18.0 Å². The van der Waals surface area contributed by atoms with Gasteiger partial charge in [-0.3, -0.25) is 4.79 Å². The molecule has 128 valence electrons. The number of carbonyl (C=O) groups excluding carboxylic acids is 1. The van der Waals surface area contributed by atoms with Gasteiger partial charge in [-0.25, -0.2) is 13.1 Å². The van der Waals surface area contributed by atoms with E-state index in [1.165, 1.54) is 12.1 Å². The van der Waals surface area contributed by atoms with E-state index < -0.39 is 10.0 Å². The van der Waals surface area contributed by atoms with Gasteiger partial charge in [0.2, 0.25) is 10.0 Å². The molecule has 1 fully saturated rings. The van der Waals surface area contributed by atoms with E-state index >= 15 is 0 Å². The SMILES string of the molecule is CC(C)NS(=O)(=O)c1ccc(C(=O)NCC2CCCNC2)cc1. The van der Waals surface area contributed by atoms with Crippen LogP contribution in [-0.4, -0.2) is 40.0 Å². The van der Waals surface area contributed by atoms with Crippen molar-refractivity contribution >= 4 is 15.9 Å². The van der Waals surface area contributed by atoms with E-state index in [1.54, 1.807) is 26.0 Å². The molecule has 0 bridgehead atoms. The van der Waals surface area contributed by atoms with Crippen molar-refractivity contribution in [3.63, 3.8) is 0 Å². The minimum Gasteiger partial charge on any atom is -0.352 e. The lowest BCUT2D eigenvalue weighted by Gasteiger charge is -2.22. The van der Waals surface area contributed by atoms with Crippen LogP contribution in [0.3, 0.4) is 0 Å². The summed E-state index contributed by atoms with van der Waals surface area (Å²) < 4.78 is 26.6. The van der Waals surface area contributed by atoms with Crippen molar-refractivity contribution in [3.8, 4) is 0 Å². The highest BCUT2D eigenvalue weighted by Crippen LogP contribution is 2.12. The summed E-state index contributed by atoms with van der Waals surface area (Å²) in [6.45, 7) is 6.14. The van der Waals surface area contributed by atoms with Crippen LogP contribution in [-0.2, 0) is 10.0 Å². The van der Waals surface area contributed by atoms with Crippen molar-refractivity contribution in [2.75, 3.05) is 19.6 Å². The second-order valence-electron chi connectivity index (χ2n) is 6.22. The van der Waals surface area contributed by atoms with E-state index in [4.69, 9.17) is 0 Å². The summed E-state index contributed by atoms with van der Waals surface area (Å²) >= 11 is 0. The highest BCUT2D eigenvalue weighted by molar-refractivity contribution is 7.89. The minimum atomic E-state index is -3.52. The van der Waals surface area contributed by atoms with Crippen LogP contribution in [0.25, 0.3) is 0 Å². The monoisotopic (exact) mass is 339 g/mol. The van der Waals surface area contributed by atoms with Gasteiger partial charge < -0.3 is 10.6 Å². The molecule has 0 aliphatic carbocycles. The first kappa shape index (κ1) is 17.9. The number of sulfonamides is 1. The lowest BCUT2D eigenvalue weighted by Crippen LogP contribution is -2.38. The maximum atomic E-state index is 12.1. The normalized spacial score (nSPS) is 18.8. The predicted octanol–water partition coefficient (Wildman–Crippen LogP) is 1.10. The molecule has 1 heterocycles. The molecule has 1 atom stereocenters. The Morgan fingerprint density at radius 3 is 2.57 bits per heavy atom. The van der Waals surface area contributed by atoms with Crippen molar-refractivity contribution in [3.05, 3.63) is 29.8 Å². The van der Waals surface area contributed by atoms with Crippen molar-refractivity contribution < 1.29 is 13.2 Å². The molecule has 1 aromatic carbocycles. The van der Waals surface area contributed by atoms with Gasteiger partial charge in [-0.05, 0) is 70.0 Å². The Balaban J connectivity index is 1.94. The Kier molecular flexibility index (Phi) is 6.15. The number of hydrogen-bond donors (Lipinski definition) is 3. The third-order valence-electron chi connectivity index (χ3n) is 3.77. The molecular formula is C16H25N3O3S. The zero-order chi connectivity index (χ0) is 16.9. The second-order valence-corrected chi connectivity index (χ2v) is 7.94. The smallest absolute Gasteiger partial charge is 0.251 e. The molecule has 0 spiro atoms. The number of carbonyl (C=O) groups is 1. The maximum Gasteiger partial charge on any atom is 0.251 e. The second kappa shape index (κ2) is 7.90. The first-order chi connectivity index (χ1) is 10.9. The quantitative estimate of drug-likeness (QED) is 0.724. The number of benzene rings is 1. The highest BCUT2D eigenvalue weighted by Gasteiger charge is 2.17. The van der Waals surface area contributed by atoms with Gasteiger partial charge in [-0.1, -0.05) is 0 Å². The summed E-state index contributed by atoms with van der Waals surface area (Å²) in [6, 6.07) is 5.84. The third kappa shape index (κ3) is 5.30. The van der Waals surface area contributed by atoms with Crippen LogP contribution >= 0.6 is 0 Å². The molecule has 1 amide bonds.